The van der Waals surface area contributed by atoms with E-state index in [1.165, 1.54) is 4.88 Å². The van der Waals surface area contributed by atoms with E-state index in [9.17, 15) is 14.4 Å². The van der Waals surface area contributed by atoms with Crippen molar-refractivity contribution in [2.24, 2.45) is 0 Å². The van der Waals surface area contributed by atoms with Gasteiger partial charge in [0.25, 0.3) is 10.9 Å². The average Bonchev–Trinajstić information content (AvgIpc) is 3.43. The third-order valence-corrected chi connectivity index (χ3v) is 9.00. The van der Waals surface area contributed by atoms with Crippen molar-refractivity contribution in [1.82, 2.24) is 29.7 Å². The maximum atomic E-state index is 12.8. The van der Waals surface area contributed by atoms with Gasteiger partial charge >= 0.3 is 0 Å². The molecule has 43 heavy (non-hydrogen) atoms. The molecule has 2 aliphatic heterocycles. The number of hydrogen-bond acceptors (Lipinski definition) is 13. The van der Waals surface area contributed by atoms with Crippen molar-refractivity contribution >= 4 is 61.6 Å². The summed E-state index contributed by atoms with van der Waals surface area (Å²) in [7, 11) is 0. The number of fused-ring (bicyclic) bond motifs is 1. The molecule has 15 heteroatoms. The minimum atomic E-state index is -0.651. The first-order chi connectivity index (χ1) is 20.8. The van der Waals surface area contributed by atoms with Gasteiger partial charge in [-0.3, -0.25) is 19.3 Å². The summed E-state index contributed by atoms with van der Waals surface area (Å²) in [6.45, 7) is 9.65. The van der Waals surface area contributed by atoms with Crippen LogP contribution in [-0.2, 0) is 16.1 Å². The Morgan fingerprint density at radius 3 is 2.49 bits per heavy atom. The number of thiophene rings is 1. The Balaban J connectivity index is 1.11. The number of carbonyl (C=O) groups is 1. The highest BCUT2D eigenvalue weighted by molar-refractivity contribution is 14.1. The lowest BCUT2D eigenvalue weighted by molar-refractivity contribution is -0.131. The summed E-state index contributed by atoms with van der Waals surface area (Å²) < 4.78 is 12.7. The molecule has 2 saturated heterocycles. The molecule has 6 rings (SSSR count). The van der Waals surface area contributed by atoms with Crippen LogP contribution in [0.4, 0.5) is 11.5 Å². The lowest BCUT2D eigenvalue weighted by atomic mass is 10.2. The maximum Gasteiger partial charge on any atom is 0.272 e. The molecule has 2 aliphatic rings. The molecule has 1 aromatic carbocycles. The fourth-order valence-corrected chi connectivity index (χ4v) is 6.55. The van der Waals surface area contributed by atoms with Gasteiger partial charge in [-0.2, -0.15) is 0 Å². The number of hydrogen-bond donors (Lipinski definition) is 1. The van der Waals surface area contributed by atoms with Crippen molar-refractivity contribution in [3.05, 3.63) is 47.6 Å². The van der Waals surface area contributed by atoms with E-state index in [1.807, 2.05) is 0 Å². The van der Waals surface area contributed by atoms with Crippen molar-refractivity contribution in [2.75, 3.05) is 69.2 Å². The lowest BCUT2D eigenvalue weighted by Gasteiger charge is -2.34. The van der Waals surface area contributed by atoms with Crippen molar-refractivity contribution in [3.63, 3.8) is 0 Å². The minimum absolute atomic E-state index is 0.0152. The Labute approximate surface area is 265 Å². The van der Waals surface area contributed by atoms with Gasteiger partial charge in [0.2, 0.25) is 5.91 Å². The van der Waals surface area contributed by atoms with Gasteiger partial charge in [-0.25, -0.2) is 19.9 Å². The van der Waals surface area contributed by atoms with Crippen LogP contribution in [-0.4, -0.2) is 101 Å². The minimum Gasteiger partial charge on any atom is -0.485 e. The van der Waals surface area contributed by atoms with E-state index >= 15 is 0 Å². The molecule has 226 valence electrons. The molecule has 0 bridgehead atoms. The summed E-state index contributed by atoms with van der Waals surface area (Å²) in [5.74, 6) is 1.40. The molecule has 0 spiro atoms. The quantitative estimate of drug-likeness (QED) is 0.153. The number of aromatic nitrogens is 4. The third-order valence-electron chi connectivity index (χ3n) is 7.33. The topological polar surface area (TPSA) is 143 Å². The largest absolute Gasteiger partial charge is 0.485 e. The van der Waals surface area contributed by atoms with E-state index in [0.29, 0.717) is 36.0 Å². The van der Waals surface area contributed by atoms with Crippen LogP contribution in [0.3, 0.4) is 0 Å². The number of halogens is 1. The molecule has 13 nitrogen and oxygen atoms in total. The highest BCUT2D eigenvalue weighted by atomic mass is 127. The summed E-state index contributed by atoms with van der Waals surface area (Å²) in [6, 6.07) is 2.13. The number of amides is 1. The predicted octanol–water partition coefficient (Wildman–Crippen LogP) is 1.73. The fourth-order valence-electron chi connectivity index (χ4n) is 5.12. The van der Waals surface area contributed by atoms with Crippen molar-refractivity contribution in [1.29, 1.82) is 0 Å². The maximum absolute atomic E-state index is 12.8. The van der Waals surface area contributed by atoms with Gasteiger partial charge < -0.3 is 24.6 Å². The summed E-state index contributed by atoms with van der Waals surface area (Å²) in [5.41, 5.74) is 0.462. The second-order valence-corrected chi connectivity index (χ2v) is 12.8. The van der Waals surface area contributed by atoms with E-state index in [2.05, 4.69) is 53.7 Å². The van der Waals surface area contributed by atoms with E-state index < -0.39 is 10.9 Å². The molecule has 0 radical (unpaired) electrons. The first-order valence-electron chi connectivity index (χ1n) is 14.1. The molecule has 0 atom stereocenters. The Bertz CT molecular complexity index is 1690. The molecule has 0 aliphatic carbocycles. The first kappa shape index (κ1) is 29.8. The zero-order valence-electron chi connectivity index (χ0n) is 23.8. The Morgan fingerprint density at radius 1 is 1.07 bits per heavy atom. The second kappa shape index (κ2) is 12.8. The summed E-state index contributed by atoms with van der Waals surface area (Å²) >= 11 is 3.78. The zero-order valence-corrected chi connectivity index (χ0v) is 26.8. The fraction of sp³-hybridized carbons (Fsp3) is 0.464. The van der Waals surface area contributed by atoms with E-state index in [-0.39, 0.29) is 30.0 Å². The number of ether oxygens (including phenoxy) is 2. The molecular formula is C28H31IN8O5S. The molecule has 0 unspecified atom stereocenters. The molecule has 1 amide bonds. The monoisotopic (exact) mass is 718 g/mol. The summed E-state index contributed by atoms with van der Waals surface area (Å²) in [5, 5.41) is 2.82. The van der Waals surface area contributed by atoms with Crippen LogP contribution in [0.1, 0.15) is 18.7 Å². The predicted molar refractivity (Wildman–Crippen MR) is 172 cm³/mol. The SMILES string of the molecule is CC(C)Oc1c(NCC(=O)N2CCN(Cc3cc4nc(-c5cnc(I)nc5)nc(N5CCOCC5)c4s3)CC2)c(=O)c1=O. The van der Waals surface area contributed by atoms with Crippen LogP contribution >= 0.6 is 33.9 Å². The molecular weight excluding hydrogens is 687 g/mol. The van der Waals surface area contributed by atoms with E-state index in [0.717, 1.165) is 54.3 Å². The molecule has 4 aromatic rings. The number of anilines is 2. The number of nitrogens with zero attached hydrogens (tertiary/aromatic N) is 7. The van der Waals surface area contributed by atoms with Gasteiger partial charge in [0, 0.05) is 85.7 Å². The highest BCUT2D eigenvalue weighted by Gasteiger charge is 2.27. The molecule has 1 N–H and O–H groups in total. The average molecular weight is 719 g/mol. The molecule has 3 aromatic heterocycles. The normalized spacial score (nSPS) is 16.4. The standard InChI is InChI=1S/C28H31IN8O5S/c1-16(2)42-24-21(22(39)23(24)40)30-14-20(38)36-5-3-35(4-6-36)15-18-11-19-25(43-18)27(37-7-9-41-10-8-37)34-26(33-19)17-12-31-28(29)32-13-17/h11-13,16,30H,3-10,14-15H2,1-2H3. The van der Waals surface area contributed by atoms with E-state index in [1.54, 1.807) is 42.5 Å². The molecule has 2 fully saturated rings. The van der Waals surface area contributed by atoms with Crippen LogP contribution in [0, 0.1) is 3.83 Å². The Hall–Kier alpha value is -3.28. The lowest BCUT2D eigenvalue weighted by Crippen LogP contribution is -2.50. The number of morpholine rings is 1. The smallest absolute Gasteiger partial charge is 0.272 e. The van der Waals surface area contributed by atoms with Crippen molar-refractivity contribution in [3.8, 4) is 17.1 Å². The van der Waals surface area contributed by atoms with Crippen LogP contribution in [0.2, 0.25) is 0 Å². The summed E-state index contributed by atoms with van der Waals surface area (Å²) in [6.07, 6.45) is 3.26. The Morgan fingerprint density at radius 2 is 1.79 bits per heavy atom. The zero-order chi connectivity index (χ0) is 30.1. The number of nitrogens with one attached hydrogen (secondary N) is 1. The van der Waals surface area contributed by atoms with Gasteiger partial charge in [0.1, 0.15) is 5.69 Å². The van der Waals surface area contributed by atoms with Gasteiger partial charge in [0.05, 0.1) is 41.6 Å². The van der Waals surface area contributed by atoms with Gasteiger partial charge in [-0.05, 0) is 19.9 Å². The van der Waals surface area contributed by atoms with Crippen LogP contribution < -0.4 is 25.8 Å². The number of rotatable bonds is 9. The Kier molecular flexibility index (Phi) is 8.83. The number of piperazine rings is 1. The van der Waals surface area contributed by atoms with Crippen molar-refractivity contribution in [2.45, 2.75) is 26.5 Å². The van der Waals surface area contributed by atoms with Crippen LogP contribution in [0.15, 0.2) is 28.0 Å². The molecule has 5 heterocycles. The van der Waals surface area contributed by atoms with Crippen molar-refractivity contribution < 1.29 is 14.3 Å². The third kappa shape index (κ3) is 6.49. The first-order valence-corrected chi connectivity index (χ1v) is 16.0. The molecule has 0 saturated carbocycles. The van der Waals surface area contributed by atoms with Gasteiger partial charge in [0.15, 0.2) is 21.2 Å². The summed E-state index contributed by atoms with van der Waals surface area (Å²) in [4.78, 5) is 62.6. The number of carbonyl (C=O) groups excluding carboxylic acids is 1. The highest BCUT2D eigenvalue weighted by Crippen LogP contribution is 2.35. The van der Waals surface area contributed by atoms with Gasteiger partial charge in [-0.15, -0.1) is 11.3 Å². The van der Waals surface area contributed by atoms with Gasteiger partial charge in [-0.1, -0.05) is 0 Å². The second-order valence-electron chi connectivity index (χ2n) is 10.7. The van der Waals surface area contributed by atoms with Crippen LogP contribution in [0.25, 0.3) is 21.6 Å². The van der Waals surface area contributed by atoms with E-state index in [4.69, 9.17) is 19.4 Å². The van der Waals surface area contributed by atoms with Crippen LogP contribution in [0.5, 0.6) is 5.75 Å².